The molecule has 1 aliphatic rings. The number of nitrogens with one attached hydrogen (secondary N) is 1. The van der Waals surface area contributed by atoms with Crippen LogP contribution in [0.3, 0.4) is 0 Å². The zero-order valence-electron chi connectivity index (χ0n) is 16.1. The molecular weight excluding hydrogens is 503 g/mol. The molecule has 1 N–H and O–H groups in total. The highest BCUT2D eigenvalue weighted by Gasteiger charge is 2.27. The second-order valence-electron chi connectivity index (χ2n) is 6.82. The van der Waals surface area contributed by atoms with E-state index in [2.05, 4.69) is 38.0 Å². The van der Waals surface area contributed by atoms with E-state index < -0.39 is 15.9 Å². The number of anilines is 1. The fourth-order valence-electron chi connectivity index (χ4n) is 2.94. The van der Waals surface area contributed by atoms with Crippen molar-refractivity contribution >= 4 is 49.9 Å². The summed E-state index contributed by atoms with van der Waals surface area (Å²) in [5.74, 6) is -0.477. The molecule has 3 rings (SSSR count). The molecule has 1 amide bonds. The first-order chi connectivity index (χ1) is 13.9. The van der Waals surface area contributed by atoms with Crippen molar-refractivity contribution in [3.8, 4) is 0 Å². The Balaban J connectivity index is 1.81. The number of sulfonamides is 1. The van der Waals surface area contributed by atoms with Crippen LogP contribution in [0.25, 0.3) is 0 Å². The molecule has 154 valence electrons. The van der Waals surface area contributed by atoms with Crippen LogP contribution in [0.5, 0.6) is 0 Å². The lowest BCUT2D eigenvalue weighted by Crippen LogP contribution is -2.40. The average Bonchev–Trinajstić information content (AvgIpc) is 2.73. The summed E-state index contributed by atoms with van der Waals surface area (Å²) >= 11 is 2.15. The molecule has 0 aromatic heterocycles. The fraction of sp³-hybridized carbons (Fsp3) is 0.300. The van der Waals surface area contributed by atoms with Crippen LogP contribution in [0, 0.1) is 3.57 Å². The van der Waals surface area contributed by atoms with Gasteiger partial charge in [0.25, 0.3) is 15.9 Å². The third kappa shape index (κ3) is 5.77. The topological polar surface area (TPSA) is 82.1 Å². The van der Waals surface area contributed by atoms with Crippen molar-refractivity contribution in [2.75, 3.05) is 31.0 Å². The average molecular weight is 526 g/mol. The third-order valence-corrected chi connectivity index (χ3v) is 7.14. The van der Waals surface area contributed by atoms with Crippen molar-refractivity contribution < 1.29 is 13.2 Å². The quantitative estimate of drug-likeness (QED) is 0.464. The van der Waals surface area contributed by atoms with E-state index >= 15 is 0 Å². The second-order valence-corrected chi connectivity index (χ2v) is 9.93. The molecule has 9 heteroatoms. The molecule has 1 aliphatic heterocycles. The van der Waals surface area contributed by atoms with E-state index in [9.17, 15) is 13.2 Å². The predicted octanol–water partition coefficient (Wildman–Crippen LogP) is 2.68. The summed E-state index contributed by atoms with van der Waals surface area (Å²) in [6.07, 6.45) is 1.58. The lowest BCUT2D eigenvalue weighted by atomic mass is 10.1. The summed E-state index contributed by atoms with van der Waals surface area (Å²) in [5.41, 5.74) is 3.87. The van der Waals surface area contributed by atoms with E-state index in [4.69, 9.17) is 0 Å². The first-order valence-corrected chi connectivity index (χ1v) is 11.7. The Morgan fingerprint density at radius 3 is 2.34 bits per heavy atom. The standard InChI is InChI=1S/C20H23IN4O3S/c1-24-13-11-17(12-14-24)22-23-20(26)15-25(18-9-7-16(21)8-10-18)29(27,28)19-5-3-2-4-6-19/h2-10H,11-15H2,1H3,(H,23,26). The maximum atomic E-state index is 13.2. The summed E-state index contributed by atoms with van der Waals surface area (Å²) in [4.78, 5) is 14.9. The Bertz CT molecular complexity index is 969. The van der Waals surface area contributed by atoms with Crippen molar-refractivity contribution in [3.05, 3.63) is 58.2 Å². The molecule has 0 spiro atoms. The molecule has 2 aromatic rings. The zero-order valence-corrected chi connectivity index (χ0v) is 19.1. The third-order valence-electron chi connectivity index (χ3n) is 4.64. The summed E-state index contributed by atoms with van der Waals surface area (Å²) in [6.45, 7) is 1.44. The predicted molar refractivity (Wildman–Crippen MR) is 122 cm³/mol. The summed E-state index contributed by atoms with van der Waals surface area (Å²) in [5, 5.41) is 4.20. The van der Waals surface area contributed by atoms with E-state index in [-0.39, 0.29) is 11.4 Å². The lowest BCUT2D eigenvalue weighted by Gasteiger charge is -2.24. The van der Waals surface area contributed by atoms with Crippen LogP contribution >= 0.6 is 22.6 Å². The molecule has 29 heavy (non-hydrogen) atoms. The molecule has 1 saturated heterocycles. The molecule has 0 bridgehead atoms. The van der Waals surface area contributed by atoms with Gasteiger partial charge in [0.2, 0.25) is 0 Å². The second kappa shape index (κ2) is 9.68. The maximum absolute atomic E-state index is 13.2. The molecule has 0 atom stereocenters. The van der Waals surface area contributed by atoms with Gasteiger partial charge in [-0.15, -0.1) is 0 Å². The number of piperidine rings is 1. The van der Waals surface area contributed by atoms with E-state index in [1.54, 1.807) is 42.5 Å². The zero-order chi connectivity index (χ0) is 20.9. The van der Waals surface area contributed by atoms with E-state index in [1.807, 2.05) is 7.05 Å². The minimum absolute atomic E-state index is 0.132. The molecule has 0 saturated carbocycles. The molecular formula is C20H23IN4O3S. The van der Waals surface area contributed by atoms with E-state index in [1.165, 1.54) is 12.1 Å². The Labute approximate surface area is 185 Å². The van der Waals surface area contributed by atoms with E-state index in [0.717, 1.165) is 39.5 Å². The van der Waals surface area contributed by atoms with Gasteiger partial charge in [-0.05, 0) is 66.0 Å². The van der Waals surface area contributed by atoms with E-state index in [0.29, 0.717) is 5.69 Å². The van der Waals surface area contributed by atoms with Crippen molar-refractivity contribution in [2.45, 2.75) is 17.7 Å². The monoisotopic (exact) mass is 526 g/mol. The van der Waals surface area contributed by atoms with Crippen LogP contribution in [0.4, 0.5) is 5.69 Å². The fourth-order valence-corrected chi connectivity index (χ4v) is 4.74. The van der Waals surface area contributed by atoms with Crippen molar-refractivity contribution in [1.82, 2.24) is 10.3 Å². The van der Waals surface area contributed by atoms with Crippen molar-refractivity contribution in [1.29, 1.82) is 0 Å². The Morgan fingerprint density at radius 1 is 1.10 bits per heavy atom. The largest absolute Gasteiger partial charge is 0.306 e. The minimum Gasteiger partial charge on any atom is -0.306 e. The van der Waals surface area contributed by atoms with Gasteiger partial charge in [-0.1, -0.05) is 18.2 Å². The number of hydrogen-bond acceptors (Lipinski definition) is 5. The highest BCUT2D eigenvalue weighted by Crippen LogP contribution is 2.24. The molecule has 2 aromatic carbocycles. The van der Waals surface area contributed by atoms with Crippen LogP contribution in [-0.4, -0.2) is 51.6 Å². The van der Waals surface area contributed by atoms with Gasteiger partial charge in [-0.3, -0.25) is 9.10 Å². The number of hydrogen-bond donors (Lipinski definition) is 1. The van der Waals surface area contributed by atoms with Crippen LogP contribution < -0.4 is 9.73 Å². The number of amides is 1. The number of hydrazone groups is 1. The SMILES string of the molecule is CN1CCC(=NNC(=O)CN(c2ccc(I)cc2)S(=O)(=O)c2ccccc2)CC1. The summed E-state index contributed by atoms with van der Waals surface area (Å²) < 4.78 is 28.5. The number of carbonyl (C=O) groups excluding carboxylic acids is 1. The number of rotatable bonds is 6. The first kappa shape index (κ1) is 21.7. The number of nitrogens with zero attached hydrogens (tertiary/aromatic N) is 3. The number of benzene rings is 2. The van der Waals surface area contributed by atoms with Crippen LogP contribution in [0.1, 0.15) is 12.8 Å². The van der Waals surface area contributed by atoms with Gasteiger partial charge in [0.1, 0.15) is 6.54 Å². The molecule has 7 nitrogen and oxygen atoms in total. The maximum Gasteiger partial charge on any atom is 0.264 e. The van der Waals surface area contributed by atoms with Gasteiger partial charge in [0, 0.05) is 35.2 Å². The van der Waals surface area contributed by atoms with Crippen LogP contribution in [-0.2, 0) is 14.8 Å². The molecule has 1 fully saturated rings. The smallest absolute Gasteiger partial charge is 0.264 e. The van der Waals surface area contributed by atoms with Gasteiger partial charge >= 0.3 is 0 Å². The summed E-state index contributed by atoms with van der Waals surface area (Å²) in [6, 6.07) is 15.1. The Kier molecular flexibility index (Phi) is 7.25. The van der Waals surface area contributed by atoms with Crippen LogP contribution in [0.15, 0.2) is 64.6 Å². The Hall–Kier alpha value is -1.98. The lowest BCUT2D eigenvalue weighted by molar-refractivity contribution is -0.119. The van der Waals surface area contributed by atoms with Gasteiger partial charge in [-0.2, -0.15) is 5.10 Å². The molecule has 0 aliphatic carbocycles. The van der Waals surface area contributed by atoms with Gasteiger partial charge in [0.05, 0.1) is 10.6 Å². The van der Waals surface area contributed by atoms with Gasteiger partial charge in [0.15, 0.2) is 0 Å². The number of halogens is 1. The van der Waals surface area contributed by atoms with Gasteiger partial charge < -0.3 is 4.90 Å². The minimum atomic E-state index is -3.90. The number of carbonyl (C=O) groups is 1. The number of likely N-dealkylation sites (tertiary alicyclic amines) is 1. The normalized spacial score (nSPS) is 15.0. The first-order valence-electron chi connectivity index (χ1n) is 9.22. The highest BCUT2D eigenvalue weighted by atomic mass is 127. The van der Waals surface area contributed by atoms with Crippen LogP contribution in [0.2, 0.25) is 0 Å². The van der Waals surface area contributed by atoms with Crippen molar-refractivity contribution in [3.63, 3.8) is 0 Å². The molecule has 0 unspecified atom stereocenters. The Morgan fingerprint density at radius 2 is 1.72 bits per heavy atom. The highest BCUT2D eigenvalue weighted by molar-refractivity contribution is 14.1. The van der Waals surface area contributed by atoms with Crippen molar-refractivity contribution in [2.24, 2.45) is 5.10 Å². The summed E-state index contributed by atoms with van der Waals surface area (Å²) in [7, 11) is -1.85. The molecule has 1 heterocycles. The molecule has 0 radical (unpaired) electrons. The van der Waals surface area contributed by atoms with Gasteiger partial charge in [-0.25, -0.2) is 13.8 Å².